The minimum atomic E-state index is -0.161. The van der Waals surface area contributed by atoms with Crippen molar-refractivity contribution in [2.24, 2.45) is 5.41 Å². The standard InChI is InChI=1S/C19H31N3O3/c23-17-3-1-8-21(17)12-11-20-10-7-19(15-20)6-2-9-22(18(19)24)16-4-13-25-14-5-16/h16H,1-15H2. The minimum Gasteiger partial charge on any atom is -0.381 e. The Balaban J connectivity index is 1.35. The SMILES string of the molecule is O=C1CCCN1CCN1CCC2(CCCN(C3CCOCC3)C2=O)C1. The van der Waals surface area contributed by atoms with Crippen LogP contribution >= 0.6 is 0 Å². The molecule has 140 valence electrons. The number of hydrogen-bond acceptors (Lipinski definition) is 4. The smallest absolute Gasteiger partial charge is 0.230 e. The van der Waals surface area contributed by atoms with E-state index in [4.69, 9.17) is 4.74 Å². The predicted molar refractivity (Wildman–Crippen MR) is 94.1 cm³/mol. The Bertz CT molecular complexity index is 520. The maximum atomic E-state index is 13.3. The molecule has 0 N–H and O–H groups in total. The number of hydrogen-bond donors (Lipinski definition) is 0. The van der Waals surface area contributed by atoms with Gasteiger partial charge in [-0.3, -0.25) is 9.59 Å². The lowest BCUT2D eigenvalue weighted by molar-refractivity contribution is -0.150. The second kappa shape index (κ2) is 7.23. The first-order valence-corrected chi connectivity index (χ1v) is 10.1. The zero-order valence-corrected chi connectivity index (χ0v) is 15.3. The third kappa shape index (κ3) is 3.43. The molecule has 2 amide bonds. The van der Waals surface area contributed by atoms with E-state index in [-0.39, 0.29) is 5.41 Å². The molecular formula is C19H31N3O3. The maximum Gasteiger partial charge on any atom is 0.230 e. The van der Waals surface area contributed by atoms with E-state index in [0.29, 0.717) is 24.3 Å². The highest BCUT2D eigenvalue weighted by molar-refractivity contribution is 5.84. The van der Waals surface area contributed by atoms with Gasteiger partial charge in [0.2, 0.25) is 11.8 Å². The third-order valence-electron chi connectivity index (χ3n) is 6.69. The summed E-state index contributed by atoms with van der Waals surface area (Å²) >= 11 is 0. The summed E-state index contributed by atoms with van der Waals surface area (Å²) < 4.78 is 5.47. The van der Waals surface area contributed by atoms with Crippen molar-refractivity contribution in [2.75, 3.05) is 52.5 Å². The molecule has 1 spiro atoms. The molecule has 0 aromatic carbocycles. The largest absolute Gasteiger partial charge is 0.381 e. The number of carbonyl (C=O) groups is 2. The van der Waals surface area contributed by atoms with Gasteiger partial charge in [-0.05, 0) is 45.1 Å². The van der Waals surface area contributed by atoms with Crippen LogP contribution in [0.4, 0.5) is 0 Å². The summed E-state index contributed by atoms with van der Waals surface area (Å²) in [6, 6.07) is 0.384. The number of piperidine rings is 1. The third-order valence-corrected chi connectivity index (χ3v) is 6.69. The van der Waals surface area contributed by atoms with Crippen molar-refractivity contribution >= 4 is 11.8 Å². The van der Waals surface area contributed by atoms with Gasteiger partial charge in [-0.25, -0.2) is 0 Å². The van der Waals surface area contributed by atoms with E-state index in [9.17, 15) is 9.59 Å². The quantitative estimate of drug-likeness (QED) is 0.763. The Labute approximate surface area is 150 Å². The van der Waals surface area contributed by atoms with Crippen molar-refractivity contribution in [1.29, 1.82) is 0 Å². The van der Waals surface area contributed by atoms with Crippen LogP contribution in [-0.2, 0) is 14.3 Å². The van der Waals surface area contributed by atoms with Crippen LogP contribution in [0.3, 0.4) is 0 Å². The van der Waals surface area contributed by atoms with Crippen LogP contribution in [0.15, 0.2) is 0 Å². The Hall–Kier alpha value is -1.14. The molecule has 4 rings (SSSR count). The fraction of sp³-hybridized carbons (Fsp3) is 0.895. The molecule has 4 fully saturated rings. The first kappa shape index (κ1) is 17.3. The van der Waals surface area contributed by atoms with E-state index >= 15 is 0 Å². The fourth-order valence-electron chi connectivity index (χ4n) is 5.18. The summed E-state index contributed by atoms with van der Waals surface area (Å²) in [6.07, 6.45) is 6.83. The Morgan fingerprint density at radius 2 is 1.84 bits per heavy atom. The van der Waals surface area contributed by atoms with Gasteiger partial charge in [-0.2, -0.15) is 0 Å². The fourth-order valence-corrected chi connectivity index (χ4v) is 5.18. The molecule has 4 heterocycles. The first-order chi connectivity index (χ1) is 12.2. The summed E-state index contributed by atoms with van der Waals surface area (Å²) in [7, 11) is 0. The van der Waals surface area contributed by atoms with Crippen molar-refractivity contribution < 1.29 is 14.3 Å². The molecular weight excluding hydrogens is 318 g/mol. The molecule has 4 aliphatic heterocycles. The maximum absolute atomic E-state index is 13.3. The van der Waals surface area contributed by atoms with Crippen molar-refractivity contribution in [3.05, 3.63) is 0 Å². The van der Waals surface area contributed by atoms with Crippen LogP contribution in [-0.4, -0.2) is 85.0 Å². The van der Waals surface area contributed by atoms with E-state index in [1.54, 1.807) is 0 Å². The van der Waals surface area contributed by atoms with E-state index < -0.39 is 0 Å². The van der Waals surface area contributed by atoms with Crippen LogP contribution in [0.2, 0.25) is 0 Å². The average molecular weight is 349 g/mol. The Morgan fingerprint density at radius 1 is 1.00 bits per heavy atom. The molecule has 4 aliphatic rings. The van der Waals surface area contributed by atoms with Gasteiger partial charge in [0.05, 0.1) is 5.41 Å². The summed E-state index contributed by atoms with van der Waals surface area (Å²) in [6.45, 7) is 7.03. The van der Waals surface area contributed by atoms with Gasteiger partial charge in [0.25, 0.3) is 0 Å². The van der Waals surface area contributed by atoms with Gasteiger partial charge in [-0.1, -0.05) is 0 Å². The summed E-state index contributed by atoms with van der Waals surface area (Å²) in [4.78, 5) is 31.7. The van der Waals surface area contributed by atoms with Crippen molar-refractivity contribution in [2.45, 2.75) is 51.0 Å². The lowest BCUT2D eigenvalue weighted by Gasteiger charge is -2.44. The molecule has 0 bridgehead atoms. The second-order valence-electron chi connectivity index (χ2n) is 8.24. The molecule has 0 aromatic heterocycles. The van der Waals surface area contributed by atoms with E-state index in [2.05, 4.69) is 9.80 Å². The highest BCUT2D eigenvalue weighted by Crippen LogP contribution is 2.41. The highest BCUT2D eigenvalue weighted by atomic mass is 16.5. The monoisotopic (exact) mass is 349 g/mol. The van der Waals surface area contributed by atoms with Gasteiger partial charge in [0.1, 0.15) is 0 Å². The van der Waals surface area contributed by atoms with Crippen LogP contribution < -0.4 is 0 Å². The van der Waals surface area contributed by atoms with Crippen molar-refractivity contribution in [3.8, 4) is 0 Å². The van der Waals surface area contributed by atoms with Crippen LogP contribution in [0.5, 0.6) is 0 Å². The van der Waals surface area contributed by atoms with Crippen molar-refractivity contribution in [3.63, 3.8) is 0 Å². The lowest BCUT2D eigenvalue weighted by atomic mass is 9.77. The number of amides is 2. The number of likely N-dealkylation sites (tertiary alicyclic amines) is 3. The van der Waals surface area contributed by atoms with Crippen LogP contribution in [0.1, 0.15) is 44.9 Å². The molecule has 0 radical (unpaired) electrons. The molecule has 0 saturated carbocycles. The van der Waals surface area contributed by atoms with Gasteiger partial charge < -0.3 is 19.4 Å². The number of rotatable bonds is 4. The lowest BCUT2D eigenvalue weighted by Crippen LogP contribution is -2.55. The molecule has 0 aliphatic carbocycles. The molecule has 4 saturated heterocycles. The number of carbonyl (C=O) groups excluding carboxylic acids is 2. The number of ether oxygens (including phenoxy) is 1. The number of nitrogens with zero attached hydrogens (tertiary/aromatic N) is 3. The average Bonchev–Trinajstić information content (AvgIpc) is 3.23. The van der Waals surface area contributed by atoms with Gasteiger partial charge in [0, 0.05) is 58.4 Å². The van der Waals surface area contributed by atoms with E-state index in [1.165, 1.54) is 0 Å². The summed E-state index contributed by atoms with van der Waals surface area (Å²) in [5.41, 5.74) is -0.161. The van der Waals surface area contributed by atoms with E-state index in [0.717, 1.165) is 91.0 Å². The molecule has 6 nitrogen and oxygen atoms in total. The topological polar surface area (TPSA) is 53.1 Å². The Morgan fingerprint density at radius 3 is 2.60 bits per heavy atom. The zero-order valence-electron chi connectivity index (χ0n) is 15.3. The molecule has 6 heteroatoms. The molecule has 1 unspecified atom stereocenters. The second-order valence-corrected chi connectivity index (χ2v) is 8.24. The van der Waals surface area contributed by atoms with Gasteiger partial charge >= 0.3 is 0 Å². The van der Waals surface area contributed by atoms with Crippen molar-refractivity contribution in [1.82, 2.24) is 14.7 Å². The minimum absolute atomic E-state index is 0.161. The van der Waals surface area contributed by atoms with E-state index in [1.807, 2.05) is 4.90 Å². The molecule has 25 heavy (non-hydrogen) atoms. The van der Waals surface area contributed by atoms with Gasteiger partial charge in [0.15, 0.2) is 0 Å². The molecule has 0 aromatic rings. The summed E-state index contributed by atoms with van der Waals surface area (Å²) in [5.74, 6) is 0.693. The zero-order chi connectivity index (χ0) is 17.3. The molecule has 1 atom stereocenters. The predicted octanol–water partition coefficient (Wildman–Crippen LogP) is 1.10. The van der Waals surface area contributed by atoms with Crippen LogP contribution in [0.25, 0.3) is 0 Å². The normalized spacial score (nSPS) is 32.3. The summed E-state index contributed by atoms with van der Waals surface area (Å²) in [5, 5.41) is 0. The van der Waals surface area contributed by atoms with Gasteiger partial charge in [-0.15, -0.1) is 0 Å². The highest BCUT2D eigenvalue weighted by Gasteiger charge is 2.49. The first-order valence-electron chi connectivity index (χ1n) is 10.1. The van der Waals surface area contributed by atoms with Crippen LogP contribution in [0, 0.1) is 5.41 Å². The Kier molecular flexibility index (Phi) is 5.00.